The highest BCUT2D eigenvalue weighted by Gasteiger charge is 2.25. The van der Waals surface area contributed by atoms with Crippen LogP contribution in [0, 0.1) is 0 Å². The monoisotopic (exact) mass is 362 g/mol. The summed E-state index contributed by atoms with van der Waals surface area (Å²) in [5.41, 5.74) is 7.71. The number of rotatable bonds is 1. The van der Waals surface area contributed by atoms with Gasteiger partial charge in [0.2, 0.25) is 0 Å². The highest BCUT2D eigenvalue weighted by molar-refractivity contribution is 9.11. The summed E-state index contributed by atoms with van der Waals surface area (Å²) in [5, 5.41) is 0. The van der Waals surface area contributed by atoms with E-state index in [1.807, 2.05) is 12.1 Å². The molecule has 0 aliphatic carbocycles. The smallest absolute Gasteiger partial charge is 0.0726 e. The Morgan fingerprint density at radius 1 is 1.18 bits per heavy atom. The van der Waals surface area contributed by atoms with Crippen molar-refractivity contribution in [3.63, 3.8) is 0 Å². The van der Waals surface area contributed by atoms with E-state index in [0.29, 0.717) is 0 Å². The molecule has 0 saturated carbocycles. The van der Waals surface area contributed by atoms with Crippen molar-refractivity contribution >= 4 is 43.2 Å². The highest BCUT2D eigenvalue weighted by Crippen LogP contribution is 2.37. The minimum Gasteiger partial charge on any atom is -0.399 e. The standard InChI is InChI=1S/C12H16Br2N2O/c1-7-5-16(6-8(2)17-7)12-10(13)3-9(15)4-11(12)14/h3-4,7-8H,5-6,15H2,1-2H3/t7-,8+. The van der Waals surface area contributed by atoms with Crippen molar-refractivity contribution < 1.29 is 4.74 Å². The number of nitrogens with zero attached hydrogens (tertiary/aromatic N) is 1. The lowest BCUT2D eigenvalue weighted by molar-refractivity contribution is -0.00529. The zero-order valence-corrected chi connectivity index (χ0v) is 13.1. The summed E-state index contributed by atoms with van der Waals surface area (Å²) in [4.78, 5) is 2.33. The molecule has 1 aliphatic rings. The molecule has 0 radical (unpaired) electrons. The Bertz CT molecular complexity index is 392. The first-order valence-electron chi connectivity index (χ1n) is 5.62. The number of nitrogens with two attached hydrogens (primary N) is 1. The summed E-state index contributed by atoms with van der Waals surface area (Å²) in [7, 11) is 0. The number of benzene rings is 1. The number of halogens is 2. The molecule has 1 fully saturated rings. The van der Waals surface area contributed by atoms with E-state index in [4.69, 9.17) is 10.5 Å². The van der Waals surface area contributed by atoms with E-state index in [2.05, 4.69) is 50.6 Å². The molecule has 2 atom stereocenters. The molecule has 1 aliphatic heterocycles. The zero-order chi connectivity index (χ0) is 12.6. The molecule has 1 heterocycles. The van der Waals surface area contributed by atoms with Crippen LogP contribution in [0.3, 0.4) is 0 Å². The molecular weight excluding hydrogens is 348 g/mol. The van der Waals surface area contributed by atoms with Crippen molar-refractivity contribution in [1.82, 2.24) is 0 Å². The number of anilines is 2. The average Bonchev–Trinajstić information content (AvgIpc) is 2.13. The summed E-state index contributed by atoms with van der Waals surface area (Å²) in [6, 6.07) is 3.87. The van der Waals surface area contributed by atoms with Crippen molar-refractivity contribution in [1.29, 1.82) is 0 Å². The van der Waals surface area contributed by atoms with Gasteiger partial charge < -0.3 is 15.4 Å². The number of hydrogen-bond acceptors (Lipinski definition) is 3. The number of hydrogen-bond donors (Lipinski definition) is 1. The summed E-state index contributed by atoms with van der Waals surface area (Å²) < 4.78 is 7.78. The Hall–Kier alpha value is -0.260. The summed E-state index contributed by atoms with van der Waals surface area (Å²) >= 11 is 7.16. The van der Waals surface area contributed by atoms with Crippen LogP contribution in [0.15, 0.2) is 21.1 Å². The SMILES string of the molecule is C[C@@H]1CN(c2c(Br)cc(N)cc2Br)C[C@H](C)O1. The van der Waals surface area contributed by atoms with Crippen molar-refractivity contribution in [2.24, 2.45) is 0 Å². The van der Waals surface area contributed by atoms with Gasteiger partial charge in [-0.05, 0) is 57.8 Å². The maximum Gasteiger partial charge on any atom is 0.0726 e. The van der Waals surface area contributed by atoms with Gasteiger partial charge in [0.1, 0.15) is 0 Å². The molecular formula is C12H16Br2N2O. The Balaban J connectivity index is 2.33. The third-order valence-corrected chi connectivity index (χ3v) is 3.98. The third-order valence-electron chi connectivity index (χ3n) is 2.78. The predicted molar refractivity (Wildman–Crippen MR) is 78.5 cm³/mol. The van der Waals surface area contributed by atoms with Crippen molar-refractivity contribution in [2.75, 3.05) is 23.7 Å². The van der Waals surface area contributed by atoms with Crippen molar-refractivity contribution in [3.8, 4) is 0 Å². The minimum atomic E-state index is 0.245. The Labute approximate surface area is 119 Å². The summed E-state index contributed by atoms with van der Waals surface area (Å²) in [6.07, 6.45) is 0.491. The van der Waals surface area contributed by atoms with Crippen LogP contribution in [-0.4, -0.2) is 25.3 Å². The number of morpholine rings is 1. The van der Waals surface area contributed by atoms with Crippen LogP contribution in [0.4, 0.5) is 11.4 Å². The molecule has 0 unspecified atom stereocenters. The second-order valence-electron chi connectivity index (χ2n) is 4.50. The summed E-state index contributed by atoms with van der Waals surface area (Å²) in [6.45, 7) is 5.99. The molecule has 0 aromatic heterocycles. The molecule has 94 valence electrons. The second kappa shape index (κ2) is 5.16. The Morgan fingerprint density at radius 2 is 1.65 bits per heavy atom. The van der Waals surface area contributed by atoms with Gasteiger partial charge in [-0.15, -0.1) is 0 Å². The second-order valence-corrected chi connectivity index (χ2v) is 6.20. The average molecular weight is 364 g/mol. The van der Waals surface area contributed by atoms with Gasteiger partial charge in [0, 0.05) is 27.7 Å². The number of nitrogen functional groups attached to an aromatic ring is 1. The highest BCUT2D eigenvalue weighted by atomic mass is 79.9. The lowest BCUT2D eigenvalue weighted by Crippen LogP contribution is -2.45. The van der Waals surface area contributed by atoms with Gasteiger partial charge >= 0.3 is 0 Å². The zero-order valence-electron chi connectivity index (χ0n) is 9.91. The molecule has 0 spiro atoms. The van der Waals surface area contributed by atoms with E-state index < -0.39 is 0 Å². The van der Waals surface area contributed by atoms with Gasteiger partial charge in [-0.1, -0.05) is 0 Å². The van der Waals surface area contributed by atoms with Crippen molar-refractivity contribution in [2.45, 2.75) is 26.1 Å². The van der Waals surface area contributed by atoms with E-state index in [9.17, 15) is 0 Å². The lowest BCUT2D eigenvalue weighted by Gasteiger charge is -2.37. The fourth-order valence-corrected chi connectivity index (χ4v) is 3.97. The van der Waals surface area contributed by atoms with Gasteiger partial charge in [-0.2, -0.15) is 0 Å². The quantitative estimate of drug-likeness (QED) is 0.777. The molecule has 1 saturated heterocycles. The molecule has 5 heteroatoms. The molecule has 0 bridgehead atoms. The van der Waals surface area contributed by atoms with Crippen LogP contribution < -0.4 is 10.6 Å². The van der Waals surface area contributed by atoms with Gasteiger partial charge in [0.25, 0.3) is 0 Å². The van der Waals surface area contributed by atoms with Gasteiger partial charge in [-0.3, -0.25) is 0 Å². The van der Waals surface area contributed by atoms with E-state index in [-0.39, 0.29) is 12.2 Å². The van der Waals surface area contributed by atoms with E-state index in [1.165, 1.54) is 0 Å². The molecule has 17 heavy (non-hydrogen) atoms. The van der Waals surface area contributed by atoms with E-state index in [0.717, 1.165) is 33.4 Å². The topological polar surface area (TPSA) is 38.5 Å². The lowest BCUT2D eigenvalue weighted by atomic mass is 10.2. The van der Waals surface area contributed by atoms with Crippen LogP contribution in [-0.2, 0) is 4.74 Å². The van der Waals surface area contributed by atoms with E-state index in [1.54, 1.807) is 0 Å². The normalized spacial score (nSPS) is 25.1. The van der Waals surface area contributed by atoms with Crippen LogP contribution in [0.2, 0.25) is 0 Å². The van der Waals surface area contributed by atoms with Crippen molar-refractivity contribution in [3.05, 3.63) is 21.1 Å². The largest absolute Gasteiger partial charge is 0.399 e. The van der Waals surface area contributed by atoms with Crippen LogP contribution in [0.25, 0.3) is 0 Å². The van der Waals surface area contributed by atoms with Gasteiger partial charge in [-0.25, -0.2) is 0 Å². The first-order valence-corrected chi connectivity index (χ1v) is 7.21. The molecule has 1 aromatic rings. The fraction of sp³-hybridized carbons (Fsp3) is 0.500. The molecule has 2 N–H and O–H groups in total. The molecule has 1 aromatic carbocycles. The van der Waals surface area contributed by atoms with Gasteiger partial charge in [0.15, 0.2) is 0 Å². The molecule has 0 amide bonds. The fourth-order valence-electron chi connectivity index (χ4n) is 2.25. The first-order chi connectivity index (χ1) is 7.97. The Morgan fingerprint density at radius 3 is 2.12 bits per heavy atom. The minimum absolute atomic E-state index is 0.245. The van der Waals surface area contributed by atoms with Crippen LogP contribution in [0.1, 0.15) is 13.8 Å². The van der Waals surface area contributed by atoms with Crippen LogP contribution in [0.5, 0.6) is 0 Å². The summed E-state index contributed by atoms with van der Waals surface area (Å²) in [5.74, 6) is 0. The molecule has 3 nitrogen and oxygen atoms in total. The molecule has 2 rings (SSSR count). The number of ether oxygens (including phenoxy) is 1. The van der Waals surface area contributed by atoms with Gasteiger partial charge in [0.05, 0.1) is 17.9 Å². The van der Waals surface area contributed by atoms with E-state index >= 15 is 0 Å². The maximum atomic E-state index is 5.81. The van der Waals surface area contributed by atoms with Crippen LogP contribution >= 0.6 is 31.9 Å². The predicted octanol–water partition coefficient (Wildman–Crippen LogP) is 3.41. The first kappa shape index (κ1) is 13.2. The third kappa shape index (κ3) is 2.95. The Kier molecular flexibility index (Phi) is 4.00. The maximum absolute atomic E-state index is 5.81.